The van der Waals surface area contributed by atoms with Crippen LogP contribution in [0.5, 0.6) is 0 Å². The maximum absolute atomic E-state index is 11.5. The molecule has 0 radical (unpaired) electrons. The molecule has 0 atom stereocenters. The second kappa shape index (κ2) is 6.61. The van der Waals surface area contributed by atoms with Gasteiger partial charge in [0.2, 0.25) is 0 Å². The van der Waals surface area contributed by atoms with E-state index in [1.165, 1.54) is 0 Å². The molecule has 17 heavy (non-hydrogen) atoms. The zero-order chi connectivity index (χ0) is 12.9. The molecule has 0 bridgehead atoms. The number of benzene rings is 1. The fourth-order valence-corrected chi connectivity index (χ4v) is 3.11. The largest absolute Gasteiger partial charge is 0.384 e. The Balaban J connectivity index is 2.49. The molecule has 1 aromatic rings. The molecule has 1 aromatic carbocycles. The van der Waals surface area contributed by atoms with Crippen molar-refractivity contribution in [3.8, 4) is 0 Å². The van der Waals surface area contributed by atoms with Crippen LogP contribution >= 0.6 is 27.5 Å². The third-order valence-corrected chi connectivity index (χ3v) is 5.25. The molecule has 0 saturated carbocycles. The molecule has 6 heteroatoms. The third kappa shape index (κ3) is 5.27. The van der Waals surface area contributed by atoms with Crippen molar-refractivity contribution in [2.75, 3.05) is 23.4 Å². The predicted octanol–water partition coefficient (Wildman–Crippen LogP) is 3.34. The molecule has 0 saturated heterocycles. The lowest BCUT2D eigenvalue weighted by Crippen LogP contribution is -2.18. The Bertz CT molecular complexity index is 476. The number of hydrogen-bond acceptors (Lipinski definition) is 3. The Labute approximate surface area is 116 Å². The molecule has 0 aromatic heterocycles. The van der Waals surface area contributed by atoms with Gasteiger partial charge < -0.3 is 5.32 Å². The summed E-state index contributed by atoms with van der Waals surface area (Å²) in [7, 11) is -2.92. The molecular weight excluding hydrogens is 326 g/mol. The van der Waals surface area contributed by atoms with E-state index in [0.717, 1.165) is 10.2 Å². The number of hydrogen-bond donors (Lipinski definition) is 1. The molecule has 3 nitrogen and oxygen atoms in total. The molecule has 1 N–H and O–H groups in total. The van der Waals surface area contributed by atoms with Crippen LogP contribution < -0.4 is 5.32 Å². The van der Waals surface area contributed by atoms with Crippen molar-refractivity contribution in [2.45, 2.75) is 13.3 Å². The monoisotopic (exact) mass is 339 g/mol. The average molecular weight is 341 g/mol. The van der Waals surface area contributed by atoms with Crippen LogP contribution in [-0.4, -0.2) is 26.5 Å². The Kier molecular flexibility index (Phi) is 5.76. The van der Waals surface area contributed by atoms with Gasteiger partial charge in [0, 0.05) is 22.5 Å². The van der Waals surface area contributed by atoms with E-state index < -0.39 is 9.84 Å². The summed E-state index contributed by atoms with van der Waals surface area (Å²) in [6.45, 7) is 2.28. The summed E-state index contributed by atoms with van der Waals surface area (Å²) in [5, 5.41) is 3.69. The highest BCUT2D eigenvalue weighted by atomic mass is 79.9. The van der Waals surface area contributed by atoms with Crippen molar-refractivity contribution in [3.63, 3.8) is 0 Å². The molecule has 0 heterocycles. The van der Waals surface area contributed by atoms with Crippen molar-refractivity contribution in [1.29, 1.82) is 0 Å². The molecule has 0 aliphatic rings. The van der Waals surface area contributed by atoms with E-state index in [-0.39, 0.29) is 11.5 Å². The maximum atomic E-state index is 11.5. The highest BCUT2D eigenvalue weighted by Gasteiger charge is 2.08. The van der Waals surface area contributed by atoms with Crippen molar-refractivity contribution in [1.82, 2.24) is 0 Å². The number of halogens is 2. The fourth-order valence-electron chi connectivity index (χ4n) is 1.37. The lowest BCUT2D eigenvalue weighted by molar-refractivity contribution is 0.595. The number of anilines is 1. The molecule has 0 spiro atoms. The molecule has 0 aliphatic heterocycles. The minimum absolute atomic E-state index is 0.154. The van der Waals surface area contributed by atoms with Crippen LogP contribution in [-0.2, 0) is 9.84 Å². The summed E-state index contributed by atoms with van der Waals surface area (Å²) in [5.74, 6) is 0.403. The summed E-state index contributed by atoms with van der Waals surface area (Å²) in [6.07, 6.45) is 0.662. The molecule has 1 rings (SSSR count). The topological polar surface area (TPSA) is 46.2 Å². The minimum Gasteiger partial charge on any atom is -0.384 e. The van der Waals surface area contributed by atoms with Gasteiger partial charge in [-0.1, -0.05) is 18.5 Å². The molecule has 0 amide bonds. The van der Waals surface area contributed by atoms with E-state index in [2.05, 4.69) is 21.2 Å². The van der Waals surface area contributed by atoms with Gasteiger partial charge in [0.1, 0.15) is 0 Å². The summed E-state index contributed by atoms with van der Waals surface area (Å²) in [4.78, 5) is 0. The van der Waals surface area contributed by atoms with Crippen LogP contribution in [0.4, 0.5) is 5.69 Å². The first-order valence-electron chi connectivity index (χ1n) is 5.34. The summed E-state index contributed by atoms with van der Waals surface area (Å²) in [5.41, 5.74) is 0.855. The Morgan fingerprint density at radius 3 is 2.65 bits per heavy atom. The Hall–Kier alpha value is -0.260. The zero-order valence-corrected chi connectivity index (χ0v) is 12.7. The number of rotatable bonds is 6. The van der Waals surface area contributed by atoms with Gasteiger partial charge in [0.05, 0.1) is 10.8 Å². The second-order valence-corrected chi connectivity index (χ2v) is 7.27. The van der Waals surface area contributed by atoms with Crippen LogP contribution in [0.15, 0.2) is 22.7 Å². The Morgan fingerprint density at radius 2 is 2.06 bits per heavy atom. The van der Waals surface area contributed by atoms with Crippen molar-refractivity contribution < 1.29 is 8.42 Å². The minimum atomic E-state index is -2.92. The summed E-state index contributed by atoms with van der Waals surface area (Å²) in [6, 6.07) is 5.41. The summed E-state index contributed by atoms with van der Waals surface area (Å²) < 4.78 is 23.7. The molecule has 96 valence electrons. The standard InChI is InChI=1S/C11H15BrClNO2S/c1-2-6-17(15,16)7-5-14-9-3-4-11(13)10(12)8-9/h3-4,8,14H,2,5-7H2,1H3. The fraction of sp³-hybridized carbons (Fsp3) is 0.455. The number of nitrogens with one attached hydrogen (secondary N) is 1. The molecule has 0 unspecified atom stereocenters. The van der Waals surface area contributed by atoms with Gasteiger partial charge in [-0.2, -0.15) is 0 Å². The average Bonchev–Trinajstić information content (AvgIpc) is 2.23. The van der Waals surface area contributed by atoms with E-state index in [0.29, 0.717) is 18.0 Å². The van der Waals surface area contributed by atoms with E-state index in [1.54, 1.807) is 6.07 Å². The first kappa shape index (κ1) is 14.8. The lowest BCUT2D eigenvalue weighted by atomic mass is 10.3. The maximum Gasteiger partial charge on any atom is 0.152 e. The smallest absolute Gasteiger partial charge is 0.152 e. The predicted molar refractivity (Wildman–Crippen MR) is 76.6 cm³/mol. The number of sulfone groups is 1. The first-order chi connectivity index (χ1) is 7.94. The Morgan fingerprint density at radius 1 is 1.35 bits per heavy atom. The van der Waals surface area contributed by atoms with Gasteiger partial charge in [-0.3, -0.25) is 0 Å². The van der Waals surface area contributed by atoms with Crippen molar-refractivity contribution in [3.05, 3.63) is 27.7 Å². The van der Waals surface area contributed by atoms with Crippen molar-refractivity contribution in [2.24, 2.45) is 0 Å². The highest BCUT2D eigenvalue weighted by Crippen LogP contribution is 2.25. The van der Waals surface area contributed by atoms with Gasteiger partial charge in [-0.05, 0) is 40.5 Å². The van der Waals surface area contributed by atoms with Gasteiger partial charge in [0.15, 0.2) is 9.84 Å². The van der Waals surface area contributed by atoms with Crippen LogP contribution in [0, 0.1) is 0 Å². The van der Waals surface area contributed by atoms with Gasteiger partial charge in [-0.15, -0.1) is 0 Å². The van der Waals surface area contributed by atoms with E-state index >= 15 is 0 Å². The van der Waals surface area contributed by atoms with E-state index in [4.69, 9.17) is 11.6 Å². The SMILES string of the molecule is CCCS(=O)(=O)CCNc1ccc(Cl)c(Br)c1. The third-order valence-electron chi connectivity index (χ3n) is 2.18. The van der Waals surface area contributed by atoms with Gasteiger partial charge >= 0.3 is 0 Å². The van der Waals surface area contributed by atoms with Gasteiger partial charge in [-0.25, -0.2) is 8.42 Å². The zero-order valence-electron chi connectivity index (χ0n) is 9.54. The normalized spacial score (nSPS) is 11.5. The van der Waals surface area contributed by atoms with Crippen LogP contribution in [0.1, 0.15) is 13.3 Å². The summed E-state index contributed by atoms with van der Waals surface area (Å²) >= 11 is 9.17. The van der Waals surface area contributed by atoms with E-state index in [1.807, 2.05) is 19.1 Å². The highest BCUT2D eigenvalue weighted by molar-refractivity contribution is 9.10. The first-order valence-corrected chi connectivity index (χ1v) is 8.33. The lowest BCUT2D eigenvalue weighted by Gasteiger charge is -2.07. The van der Waals surface area contributed by atoms with Crippen molar-refractivity contribution >= 4 is 43.1 Å². The molecule has 0 aliphatic carbocycles. The molecule has 0 fully saturated rings. The quantitative estimate of drug-likeness (QED) is 0.864. The van der Waals surface area contributed by atoms with Gasteiger partial charge in [0.25, 0.3) is 0 Å². The van der Waals surface area contributed by atoms with Crippen LogP contribution in [0.3, 0.4) is 0 Å². The van der Waals surface area contributed by atoms with E-state index in [9.17, 15) is 8.42 Å². The molecular formula is C11H15BrClNO2S. The second-order valence-electron chi connectivity index (χ2n) is 3.71. The van der Waals surface area contributed by atoms with Crippen LogP contribution in [0.25, 0.3) is 0 Å². The van der Waals surface area contributed by atoms with Crippen LogP contribution in [0.2, 0.25) is 5.02 Å².